The molecule has 0 bridgehead atoms. The van der Waals surface area contributed by atoms with Gasteiger partial charge in [0.15, 0.2) is 16.3 Å². The Morgan fingerprint density at radius 2 is 2.00 bits per heavy atom. The molecule has 0 aliphatic carbocycles. The molecule has 1 aliphatic rings. The van der Waals surface area contributed by atoms with E-state index in [-0.39, 0.29) is 17.7 Å². The lowest BCUT2D eigenvalue weighted by Gasteiger charge is -2.25. The van der Waals surface area contributed by atoms with Crippen molar-refractivity contribution in [3.63, 3.8) is 0 Å². The Kier molecular flexibility index (Phi) is 8.22. The van der Waals surface area contributed by atoms with Crippen molar-refractivity contribution in [2.75, 3.05) is 20.3 Å². The van der Waals surface area contributed by atoms with E-state index in [1.807, 2.05) is 0 Å². The summed E-state index contributed by atoms with van der Waals surface area (Å²) in [7, 11) is 1.52. The van der Waals surface area contributed by atoms with Crippen LogP contribution >= 0.6 is 34.5 Å². The summed E-state index contributed by atoms with van der Waals surface area (Å²) in [4.78, 5) is 31.9. The Labute approximate surface area is 227 Å². The minimum atomic E-state index is -0.791. The molecule has 4 rings (SSSR count). The average Bonchev–Trinajstić information content (AvgIpc) is 3.17. The number of benzene rings is 2. The summed E-state index contributed by atoms with van der Waals surface area (Å²) in [6.45, 7) is 7.60. The standard InChI is InChI=1S/C27H24Cl2N2O5S/c1-5-11-36-20-10-8-17(12-21(20)34-4)24-23(26(33)35-6-2)15(3)30-27-31(24)25(32)22(37-27)13-16-7-9-18(28)14-19(16)29/h5,7-10,12-14,24H,1,6,11H2,2-4H3/b22-13-. The van der Waals surface area contributed by atoms with Crippen LogP contribution in [0, 0.1) is 0 Å². The first-order chi connectivity index (χ1) is 17.8. The number of hydrogen-bond acceptors (Lipinski definition) is 7. The lowest BCUT2D eigenvalue weighted by Crippen LogP contribution is -2.40. The van der Waals surface area contributed by atoms with Gasteiger partial charge in [0, 0.05) is 10.0 Å². The summed E-state index contributed by atoms with van der Waals surface area (Å²) in [5, 5.41) is 0.908. The molecule has 0 spiro atoms. The molecule has 0 radical (unpaired) electrons. The maximum atomic E-state index is 13.7. The van der Waals surface area contributed by atoms with Gasteiger partial charge in [0.05, 0.1) is 35.6 Å². The normalized spacial score (nSPS) is 15.2. The smallest absolute Gasteiger partial charge is 0.338 e. The van der Waals surface area contributed by atoms with E-state index in [2.05, 4.69) is 11.6 Å². The predicted octanol–water partition coefficient (Wildman–Crippen LogP) is 4.68. The van der Waals surface area contributed by atoms with Crippen molar-refractivity contribution in [2.45, 2.75) is 19.9 Å². The van der Waals surface area contributed by atoms with E-state index in [4.69, 9.17) is 37.4 Å². The van der Waals surface area contributed by atoms with Crippen LogP contribution in [0.15, 0.2) is 70.1 Å². The first-order valence-corrected chi connectivity index (χ1v) is 12.9. The number of esters is 1. The summed E-state index contributed by atoms with van der Waals surface area (Å²) in [6, 6.07) is 9.53. The molecule has 0 saturated carbocycles. The van der Waals surface area contributed by atoms with E-state index in [0.717, 1.165) is 0 Å². The third kappa shape index (κ3) is 5.37. The Hall–Kier alpha value is -3.33. The highest BCUT2D eigenvalue weighted by molar-refractivity contribution is 7.07. The van der Waals surface area contributed by atoms with Gasteiger partial charge in [-0.15, -0.1) is 0 Å². The lowest BCUT2D eigenvalue weighted by atomic mass is 9.95. The second kappa shape index (κ2) is 11.4. The third-order valence-electron chi connectivity index (χ3n) is 5.63. The van der Waals surface area contributed by atoms with Crippen molar-refractivity contribution in [1.29, 1.82) is 0 Å². The summed E-state index contributed by atoms with van der Waals surface area (Å²) in [6.07, 6.45) is 3.32. The maximum absolute atomic E-state index is 13.7. The summed E-state index contributed by atoms with van der Waals surface area (Å²) in [5.74, 6) is 0.413. The fourth-order valence-corrected chi connectivity index (χ4v) is 5.49. The van der Waals surface area contributed by atoms with Gasteiger partial charge in [0.1, 0.15) is 6.61 Å². The van der Waals surface area contributed by atoms with Gasteiger partial charge >= 0.3 is 5.97 Å². The van der Waals surface area contributed by atoms with Gasteiger partial charge in [-0.25, -0.2) is 9.79 Å². The second-order valence-electron chi connectivity index (χ2n) is 7.98. The molecule has 0 fully saturated rings. The molecular weight excluding hydrogens is 535 g/mol. The van der Waals surface area contributed by atoms with E-state index in [1.165, 1.54) is 23.0 Å². The van der Waals surface area contributed by atoms with Crippen LogP contribution in [-0.2, 0) is 9.53 Å². The number of ether oxygens (including phenoxy) is 3. The van der Waals surface area contributed by atoms with Crippen molar-refractivity contribution < 1.29 is 19.0 Å². The number of fused-ring (bicyclic) bond motifs is 1. The van der Waals surface area contributed by atoms with Gasteiger partial charge in [0.2, 0.25) is 0 Å². The molecular formula is C27H24Cl2N2O5S. The molecule has 0 N–H and O–H groups in total. The molecule has 0 amide bonds. The lowest BCUT2D eigenvalue weighted by molar-refractivity contribution is -0.139. The molecule has 2 aromatic carbocycles. The van der Waals surface area contributed by atoms with Gasteiger partial charge in [-0.1, -0.05) is 59.3 Å². The number of methoxy groups -OCH3 is 1. The number of nitrogens with zero attached hydrogens (tertiary/aromatic N) is 2. The molecule has 3 aromatic rings. The van der Waals surface area contributed by atoms with Gasteiger partial charge in [-0.05, 0) is 55.3 Å². The van der Waals surface area contributed by atoms with Crippen molar-refractivity contribution in [3.05, 3.63) is 101 Å². The highest BCUT2D eigenvalue weighted by Crippen LogP contribution is 2.36. The topological polar surface area (TPSA) is 79.1 Å². The Balaban J connectivity index is 1.94. The minimum Gasteiger partial charge on any atom is -0.493 e. The summed E-state index contributed by atoms with van der Waals surface area (Å²) >= 11 is 13.6. The first-order valence-electron chi connectivity index (χ1n) is 11.3. The Morgan fingerprint density at radius 3 is 2.68 bits per heavy atom. The van der Waals surface area contributed by atoms with E-state index < -0.39 is 12.0 Å². The van der Waals surface area contributed by atoms with Crippen molar-refractivity contribution in [1.82, 2.24) is 4.57 Å². The summed E-state index contributed by atoms with van der Waals surface area (Å²) < 4.78 is 18.5. The molecule has 2 heterocycles. The molecule has 192 valence electrons. The molecule has 37 heavy (non-hydrogen) atoms. The fourth-order valence-electron chi connectivity index (χ4n) is 3.99. The molecule has 1 atom stereocenters. The van der Waals surface area contributed by atoms with Gasteiger partial charge in [0.25, 0.3) is 5.56 Å². The number of allylic oxidation sites excluding steroid dienone is 1. The van der Waals surface area contributed by atoms with E-state index >= 15 is 0 Å². The van der Waals surface area contributed by atoms with Crippen LogP contribution in [0.3, 0.4) is 0 Å². The number of hydrogen-bond donors (Lipinski definition) is 0. The van der Waals surface area contributed by atoms with Crippen LogP contribution in [-0.4, -0.2) is 30.9 Å². The molecule has 10 heteroatoms. The van der Waals surface area contributed by atoms with Crippen LogP contribution < -0.4 is 24.4 Å². The van der Waals surface area contributed by atoms with Crippen molar-refractivity contribution in [2.24, 2.45) is 4.99 Å². The van der Waals surface area contributed by atoms with Gasteiger partial charge in [-0.3, -0.25) is 9.36 Å². The van der Waals surface area contributed by atoms with Crippen LogP contribution in [0.1, 0.15) is 31.0 Å². The van der Waals surface area contributed by atoms with Crippen LogP contribution in [0.25, 0.3) is 6.08 Å². The minimum absolute atomic E-state index is 0.180. The monoisotopic (exact) mass is 558 g/mol. The zero-order valence-corrected chi connectivity index (χ0v) is 22.7. The zero-order chi connectivity index (χ0) is 26.7. The number of aromatic nitrogens is 1. The highest BCUT2D eigenvalue weighted by Gasteiger charge is 2.34. The SMILES string of the molecule is C=CCOc1ccc(C2C(C(=O)OCC)=C(C)N=c3s/c(=C\c4ccc(Cl)cc4Cl)c(=O)n32)cc1OC. The third-order valence-corrected chi connectivity index (χ3v) is 7.17. The van der Waals surface area contributed by atoms with Gasteiger partial charge in [-0.2, -0.15) is 0 Å². The Morgan fingerprint density at radius 1 is 1.22 bits per heavy atom. The molecule has 1 aliphatic heterocycles. The number of carbonyl (C=O) groups excluding carboxylic acids is 1. The number of rotatable bonds is 8. The zero-order valence-electron chi connectivity index (χ0n) is 20.4. The number of carbonyl (C=O) groups is 1. The maximum Gasteiger partial charge on any atom is 0.338 e. The quantitative estimate of drug-likeness (QED) is 0.296. The van der Waals surface area contributed by atoms with Crippen LogP contribution in [0.4, 0.5) is 0 Å². The second-order valence-corrected chi connectivity index (χ2v) is 9.83. The van der Waals surface area contributed by atoms with Crippen molar-refractivity contribution in [3.8, 4) is 11.5 Å². The van der Waals surface area contributed by atoms with Crippen LogP contribution in [0.2, 0.25) is 10.0 Å². The average molecular weight is 559 g/mol. The molecule has 0 saturated heterocycles. The van der Waals surface area contributed by atoms with E-state index in [9.17, 15) is 9.59 Å². The van der Waals surface area contributed by atoms with Gasteiger partial charge < -0.3 is 14.2 Å². The van der Waals surface area contributed by atoms with E-state index in [0.29, 0.717) is 54.3 Å². The highest BCUT2D eigenvalue weighted by atomic mass is 35.5. The summed E-state index contributed by atoms with van der Waals surface area (Å²) in [5.41, 5.74) is 1.69. The first kappa shape index (κ1) is 26.7. The van der Waals surface area contributed by atoms with E-state index in [1.54, 1.807) is 62.4 Å². The van der Waals surface area contributed by atoms with Crippen LogP contribution in [0.5, 0.6) is 11.5 Å². The van der Waals surface area contributed by atoms with Crippen molar-refractivity contribution >= 4 is 46.6 Å². The molecule has 7 nitrogen and oxygen atoms in total. The number of thiazole rings is 1. The molecule has 1 aromatic heterocycles. The Bertz CT molecular complexity index is 1590. The molecule has 1 unspecified atom stereocenters. The fraction of sp³-hybridized carbons (Fsp3) is 0.222. The largest absolute Gasteiger partial charge is 0.493 e. The predicted molar refractivity (Wildman–Crippen MR) is 146 cm³/mol. The number of halogens is 2.